The number of carbonyl (C=O) groups excluding carboxylic acids is 1. The minimum Gasteiger partial charge on any atom is -0.495 e. The van der Waals surface area contributed by atoms with E-state index in [0.29, 0.717) is 23.1 Å². The largest absolute Gasteiger partial charge is 0.495 e. The second-order valence-corrected chi connectivity index (χ2v) is 13.6. The number of methoxy groups -OCH3 is 2. The summed E-state index contributed by atoms with van der Waals surface area (Å²) in [6.45, 7) is 8.23. The zero-order chi connectivity index (χ0) is 31.4. The number of hydrogen-bond acceptors (Lipinski definition) is 7. The molecule has 3 aliphatic heterocycles. The van der Waals surface area contributed by atoms with Gasteiger partial charge in [0.05, 0.1) is 19.8 Å². The molecule has 4 fully saturated rings. The maximum Gasteiger partial charge on any atom is 0.407 e. The summed E-state index contributed by atoms with van der Waals surface area (Å²) in [5, 5.41) is 12.6. The molecule has 3 heterocycles. The third-order valence-corrected chi connectivity index (χ3v) is 11.3. The highest BCUT2D eigenvalue weighted by Gasteiger charge is 2.53. The molecule has 0 bridgehead atoms. The van der Waals surface area contributed by atoms with E-state index in [9.17, 15) is 14.4 Å². The molecule has 2 aromatic carbocycles. The molecular weight excluding hydrogens is 569 g/mol. The van der Waals surface area contributed by atoms with Crippen molar-refractivity contribution in [2.45, 2.75) is 56.4 Å². The van der Waals surface area contributed by atoms with Crippen LogP contribution in [0.1, 0.15) is 56.1 Å². The number of amides is 1. The third-order valence-electron chi connectivity index (χ3n) is 11.3. The zero-order valence-corrected chi connectivity index (χ0v) is 26.8. The molecule has 0 aromatic heterocycles. The Morgan fingerprint density at radius 1 is 1.00 bits per heavy atom. The van der Waals surface area contributed by atoms with Crippen LogP contribution in [0, 0.1) is 34.9 Å². The highest BCUT2D eigenvalue weighted by atomic mass is 19.1. The zero-order valence-electron chi connectivity index (χ0n) is 26.8. The number of halogens is 1. The van der Waals surface area contributed by atoms with Crippen LogP contribution in [0.2, 0.25) is 0 Å². The van der Waals surface area contributed by atoms with E-state index in [1.165, 1.54) is 13.5 Å². The van der Waals surface area contributed by atoms with Crippen molar-refractivity contribution in [3.63, 3.8) is 0 Å². The lowest BCUT2D eigenvalue weighted by atomic mass is 9.57. The molecule has 45 heavy (non-hydrogen) atoms. The third kappa shape index (κ3) is 6.64. The Bertz CT molecular complexity index is 1370. The van der Waals surface area contributed by atoms with E-state index in [1.54, 1.807) is 19.2 Å². The fraction of sp³-hybridized carbons (Fsp3) is 0.611. The van der Waals surface area contributed by atoms with Crippen LogP contribution >= 0.6 is 0 Å². The molecule has 1 amide bonds. The van der Waals surface area contributed by atoms with E-state index >= 15 is 0 Å². The van der Waals surface area contributed by atoms with Crippen LogP contribution < -0.4 is 15.0 Å². The molecule has 4 aliphatic rings. The number of nitrogens with one attached hydrogen (secondary N) is 1. The van der Waals surface area contributed by atoms with Gasteiger partial charge >= 0.3 is 6.09 Å². The topological polar surface area (TPSA) is 81.1 Å². The first-order valence-electron chi connectivity index (χ1n) is 16.8. The summed E-state index contributed by atoms with van der Waals surface area (Å²) in [7, 11) is 3.05. The molecule has 0 radical (unpaired) electrons. The number of ether oxygens (including phenoxy) is 2. The highest BCUT2D eigenvalue weighted by Crippen LogP contribution is 2.51. The predicted molar refractivity (Wildman–Crippen MR) is 173 cm³/mol. The molecule has 1 N–H and O–H groups in total. The van der Waals surface area contributed by atoms with Crippen LogP contribution in [-0.4, -0.2) is 88.5 Å². The van der Waals surface area contributed by atoms with Gasteiger partial charge in [-0.3, -0.25) is 0 Å². The van der Waals surface area contributed by atoms with Crippen molar-refractivity contribution in [2.24, 2.45) is 17.8 Å². The number of nitrogens with zero attached hydrogens (tertiary/aromatic N) is 4. The molecular formula is C36H48FN5O3. The second kappa shape index (κ2) is 14.0. The average Bonchev–Trinajstić information content (AvgIpc) is 3.71. The lowest BCUT2D eigenvalue weighted by Gasteiger charge is -2.53. The Kier molecular flexibility index (Phi) is 9.81. The summed E-state index contributed by atoms with van der Waals surface area (Å²) in [6, 6.07) is 15.5. The van der Waals surface area contributed by atoms with Gasteiger partial charge in [0, 0.05) is 49.4 Å². The summed E-state index contributed by atoms with van der Waals surface area (Å²) in [5.74, 6) is 1.65. The van der Waals surface area contributed by atoms with Gasteiger partial charge in [-0.05, 0) is 112 Å². The van der Waals surface area contributed by atoms with Gasteiger partial charge in [-0.1, -0.05) is 18.6 Å². The summed E-state index contributed by atoms with van der Waals surface area (Å²) >= 11 is 0. The summed E-state index contributed by atoms with van der Waals surface area (Å²) < 4.78 is 25.4. The van der Waals surface area contributed by atoms with Gasteiger partial charge in [-0.2, -0.15) is 5.26 Å². The molecule has 9 heteroatoms. The highest BCUT2D eigenvalue weighted by molar-refractivity contribution is 5.67. The van der Waals surface area contributed by atoms with Gasteiger partial charge in [0.15, 0.2) is 0 Å². The van der Waals surface area contributed by atoms with E-state index in [4.69, 9.17) is 9.47 Å². The smallest absolute Gasteiger partial charge is 0.407 e. The van der Waals surface area contributed by atoms with Gasteiger partial charge in [0.2, 0.25) is 0 Å². The summed E-state index contributed by atoms with van der Waals surface area (Å²) in [5.41, 5.74) is 2.54. The van der Waals surface area contributed by atoms with Gasteiger partial charge in [0.1, 0.15) is 17.6 Å². The molecule has 3 saturated heterocycles. The van der Waals surface area contributed by atoms with Crippen LogP contribution in [0.3, 0.4) is 0 Å². The molecule has 0 unspecified atom stereocenters. The van der Waals surface area contributed by atoms with Gasteiger partial charge in [-0.25, -0.2) is 9.18 Å². The SMILES string of the molecule is COC(=O)N[C@H]1CCC[C@@H]1[C@](CN1CCC1)(c1cccc(F)c1)C1CCN(C[C@@H]2CCN(c3ccc(C#N)c(OC)c3)C2)CC1. The van der Waals surface area contributed by atoms with Crippen molar-refractivity contribution in [2.75, 3.05) is 71.5 Å². The fourth-order valence-corrected chi connectivity index (χ4v) is 8.92. The quantitative estimate of drug-likeness (QED) is 0.382. The Balaban J connectivity index is 1.18. The number of likely N-dealkylation sites (tertiary alicyclic amines) is 2. The van der Waals surface area contributed by atoms with Crippen molar-refractivity contribution in [3.05, 3.63) is 59.4 Å². The van der Waals surface area contributed by atoms with Crippen molar-refractivity contribution in [3.8, 4) is 11.8 Å². The standard InChI is InChI=1S/C36H48FN5O3/c1-44-34-21-31(11-10-27(34)22-38)42-19-12-26(24-42)23-40-17-13-28(14-18-40)36(25-41-15-5-16-41,29-6-3-7-30(37)20-29)32-8-4-9-33(32)39-35(43)45-2/h3,6-7,10-11,20-21,26,28,32-33H,4-5,8-9,12-19,23-25H2,1-2H3,(H,39,43)/t26-,32-,33-,36-/m0/s1. The molecule has 6 rings (SSSR count). The number of hydrogen-bond donors (Lipinski definition) is 1. The van der Waals surface area contributed by atoms with Crippen LogP contribution in [0.15, 0.2) is 42.5 Å². The maximum absolute atomic E-state index is 14.9. The molecule has 8 nitrogen and oxygen atoms in total. The van der Waals surface area contributed by atoms with Crippen molar-refractivity contribution >= 4 is 11.8 Å². The number of anilines is 1. The fourth-order valence-electron chi connectivity index (χ4n) is 8.92. The second-order valence-electron chi connectivity index (χ2n) is 13.6. The summed E-state index contributed by atoms with van der Waals surface area (Å²) in [6.07, 6.45) is 7.12. The first kappa shape index (κ1) is 31.6. The number of alkyl carbamates (subject to hydrolysis) is 1. The lowest BCUT2D eigenvalue weighted by molar-refractivity contribution is 0.0235. The Labute approximate surface area is 267 Å². The monoisotopic (exact) mass is 617 g/mol. The number of carbonyl (C=O) groups is 1. The Morgan fingerprint density at radius 3 is 2.51 bits per heavy atom. The van der Waals surface area contributed by atoms with Gasteiger partial charge in [0.25, 0.3) is 0 Å². The van der Waals surface area contributed by atoms with E-state index in [1.807, 2.05) is 24.3 Å². The molecule has 242 valence electrons. The molecule has 2 aromatic rings. The van der Waals surface area contributed by atoms with Crippen molar-refractivity contribution in [1.29, 1.82) is 5.26 Å². The minimum atomic E-state index is -0.371. The maximum atomic E-state index is 14.9. The lowest BCUT2D eigenvalue weighted by Crippen LogP contribution is -2.59. The van der Waals surface area contributed by atoms with E-state index in [-0.39, 0.29) is 29.3 Å². The molecule has 4 atom stereocenters. The van der Waals surface area contributed by atoms with Crippen LogP contribution in [0.25, 0.3) is 0 Å². The van der Waals surface area contributed by atoms with Crippen molar-refractivity contribution < 1.29 is 18.7 Å². The number of piperidine rings is 1. The van der Waals surface area contributed by atoms with Crippen LogP contribution in [-0.2, 0) is 10.2 Å². The van der Waals surface area contributed by atoms with Crippen LogP contribution in [0.5, 0.6) is 5.75 Å². The normalized spacial score (nSPS) is 25.7. The van der Waals surface area contributed by atoms with E-state index in [2.05, 4.69) is 32.2 Å². The predicted octanol–water partition coefficient (Wildman–Crippen LogP) is 5.41. The van der Waals surface area contributed by atoms with Gasteiger partial charge < -0.3 is 29.5 Å². The van der Waals surface area contributed by atoms with Crippen LogP contribution in [0.4, 0.5) is 14.9 Å². The van der Waals surface area contributed by atoms with Gasteiger partial charge in [-0.15, -0.1) is 0 Å². The number of benzene rings is 2. The molecule has 0 spiro atoms. The minimum absolute atomic E-state index is 0.0188. The average molecular weight is 618 g/mol. The summed E-state index contributed by atoms with van der Waals surface area (Å²) in [4.78, 5) is 20.1. The van der Waals surface area contributed by atoms with E-state index < -0.39 is 0 Å². The number of nitriles is 1. The van der Waals surface area contributed by atoms with Crippen molar-refractivity contribution in [1.82, 2.24) is 15.1 Å². The first-order chi connectivity index (χ1) is 21.9. The molecule has 1 saturated carbocycles. The number of rotatable bonds is 10. The first-order valence-corrected chi connectivity index (χ1v) is 16.8. The Morgan fingerprint density at radius 2 is 1.82 bits per heavy atom. The van der Waals surface area contributed by atoms with E-state index in [0.717, 1.165) is 102 Å². The molecule has 1 aliphatic carbocycles. The Hall–Kier alpha value is -3.35.